The molecule has 1 atom stereocenters. The molecule has 4 nitrogen and oxygen atoms in total. The molecule has 130 valence electrons. The van der Waals surface area contributed by atoms with Crippen LogP contribution in [0.25, 0.3) is 3.58 Å². The fourth-order valence-corrected chi connectivity index (χ4v) is 3.95. The SMILES string of the molecule is IC1=CCc2ncc(N3CCOC(COCc4ccccc4)C3)cc21. The van der Waals surface area contributed by atoms with Crippen LogP contribution in [0.1, 0.15) is 16.8 Å². The van der Waals surface area contributed by atoms with Gasteiger partial charge in [0.25, 0.3) is 0 Å². The van der Waals surface area contributed by atoms with Crippen molar-refractivity contribution < 1.29 is 9.47 Å². The van der Waals surface area contributed by atoms with E-state index in [2.05, 4.69) is 56.7 Å². The first-order chi connectivity index (χ1) is 12.3. The Labute approximate surface area is 162 Å². The number of aromatic nitrogens is 1. The van der Waals surface area contributed by atoms with Gasteiger partial charge in [-0.3, -0.25) is 4.98 Å². The van der Waals surface area contributed by atoms with Crippen molar-refractivity contribution in [1.29, 1.82) is 0 Å². The van der Waals surface area contributed by atoms with E-state index in [0.717, 1.165) is 26.1 Å². The third kappa shape index (κ3) is 4.04. The molecule has 1 aliphatic heterocycles. The Kier molecular flexibility index (Phi) is 5.33. The zero-order valence-electron chi connectivity index (χ0n) is 14.0. The number of hydrogen-bond donors (Lipinski definition) is 0. The van der Waals surface area contributed by atoms with Gasteiger partial charge in [-0.05, 0) is 34.2 Å². The molecule has 0 saturated carbocycles. The molecule has 1 aliphatic carbocycles. The monoisotopic (exact) mass is 448 g/mol. The fourth-order valence-electron chi connectivity index (χ4n) is 3.26. The molecule has 0 amide bonds. The van der Waals surface area contributed by atoms with Crippen LogP contribution in [0.2, 0.25) is 0 Å². The molecule has 5 heteroatoms. The van der Waals surface area contributed by atoms with E-state index < -0.39 is 0 Å². The third-order valence-corrected chi connectivity index (χ3v) is 5.63. The molecular weight excluding hydrogens is 427 g/mol. The molecule has 0 bridgehead atoms. The average molecular weight is 448 g/mol. The van der Waals surface area contributed by atoms with Crippen LogP contribution in [0.5, 0.6) is 0 Å². The molecule has 1 unspecified atom stereocenters. The van der Waals surface area contributed by atoms with Gasteiger partial charge in [-0.25, -0.2) is 0 Å². The first-order valence-corrected chi connectivity index (χ1v) is 9.70. The molecule has 0 N–H and O–H groups in total. The predicted molar refractivity (Wildman–Crippen MR) is 108 cm³/mol. The van der Waals surface area contributed by atoms with Crippen LogP contribution >= 0.6 is 22.6 Å². The number of fused-ring (bicyclic) bond motifs is 1. The van der Waals surface area contributed by atoms with Gasteiger partial charge in [0, 0.05) is 28.7 Å². The van der Waals surface area contributed by atoms with Crippen molar-refractivity contribution >= 4 is 31.9 Å². The van der Waals surface area contributed by atoms with Crippen LogP contribution < -0.4 is 4.90 Å². The Morgan fingerprint density at radius 3 is 3.04 bits per heavy atom. The number of allylic oxidation sites excluding steroid dienone is 1. The number of morpholine rings is 1. The number of anilines is 1. The second-order valence-corrected chi connectivity index (χ2v) is 7.55. The topological polar surface area (TPSA) is 34.6 Å². The third-order valence-electron chi connectivity index (χ3n) is 4.61. The Morgan fingerprint density at radius 1 is 1.28 bits per heavy atom. The van der Waals surface area contributed by atoms with E-state index in [4.69, 9.17) is 9.47 Å². The lowest BCUT2D eigenvalue weighted by Gasteiger charge is -2.34. The van der Waals surface area contributed by atoms with Crippen molar-refractivity contribution in [2.75, 3.05) is 31.2 Å². The van der Waals surface area contributed by atoms with Crippen molar-refractivity contribution in [3.05, 3.63) is 65.5 Å². The number of rotatable bonds is 5. The van der Waals surface area contributed by atoms with Gasteiger partial charge < -0.3 is 14.4 Å². The Morgan fingerprint density at radius 2 is 2.16 bits per heavy atom. The standard InChI is InChI=1S/C20H21IN2O2/c21-19-6-7-20-18(19)10-16(11-22-20)23-8-9-25-17(12-23)14-24-13-15-4-2-1-3-5-15/h1-6,10-11,17H,7-9,12-14H2. The highest BCUT2D eigenvalue weighted by atomic mass is 127. The van der Waals surface area contributed by atoms with E-state index in [1.54, 1.807) is 0 Å². The van der Waals surface area contributed by atoms with E-state index in [0.29, 0.717) is 13.2 Å². The second-order valence-electron chi connectivity index (χ2n) is 6.38. The molecule has 2 heterocycles. The highest BCUT2D eigenvalue weighted by molar-refractivity contribution is 14.1. The second kappa shape index (κ2) is 7.85. The number of pyridine rings is 1. The van der Waals surface area contributed by atoms with Crippen molar-refractivity contribution in [3.63, 3.8) is 0 Å². The summed E-state index contributed by atoms with van der Waals surface area (Å²) in [6.07, 6.45) is 5.28. The predicted octanol–water partition coefficient (Wildman–Crippen LogP) is 3.84. The lowest BCUT2D eigenvalue weighted by atomic mass is 10.2. The summed E-state index contributed by atoms with van der Waals surface area (Å²) in [6.45, 7) is 3.71. The van der Waals surface area contributed by atoms with Gasteiger partial charge in [-0.1, -0.05) is 36.4 Å². The van der Waals surface area contributed by atoms with Crippen molar-refractivity contribution in [1.82, 2.24) is 4.98 Å². The number of benzene rings is 1. The average Bonchev–Trinajstić information content (AvgIpc) is 3.03. The number of hydrogen-bond acceptors (Lipinski definition) is 4. The summed E-state index contributed by atoms with van der Waals surface area (Å²) >= 11 is 2.40. The summed E-state index contributed by atoms with van der Waals surface area (Å²) in [6, 6.07) is 12.5. The van der Waals surface area contributed by atoms with Gasteiger partial charge in [0.05, 0.1) is 43.5 Å². The minimum atomic E-state index is 0.0975. The maximum atomic E-state index is 5.88. The molecule has 1 aromatic carbocycles. The Balaban J connectivity index is 1.35. The lowest BCUT2D eigenvalue weighted by Crippen LogP contribution is -2.44. The Hall–Kier alpha value is -1.44. The van der Waals surface area contributed by atoms with Crippen molar-refractivity contribution in [3.8, 4) is 0 Å². The van der Waals surface area contributed by atoms with E-state index in [1.165, 1.54) is 26.1 Å². The van der Waals surface area contributed by atoms with Gasteiger partial charge in [0.15, 0.2) is 0 Å². The summed E-state index contributed by atoms with van der Waals surface area (Å²) in [7, 11) is 0. The largest absolute Gasteiger partial charge is 0.374 e. The smallest absolute Gasteiger partial charge is 0.0983 e. The highest BCUT2D eigenvalue weighted by Gasteiger charge is 2.23. The molecule has 0 spiro atoms. The molecule has 1 saturated heterocycles. The molecule has 2 aromatic rings. The molecular formula is C20H21IN2O2. The van der Waals surface area contributed by atoms with Crippen LogP contribution in [0, 0.1) is 0 Å². The molecule has 0 radical (unpaired) electrons. The summed E-state index contributed by atoms with van der Waals surface area (Å²) in [5.41, 5.74) is 4.84. The van der Waals surface area contributed by atoms with Crippen LogP contribution in [0.4, 0.5) is 5.69 Å². The molecule has 1 aromatic heterocycles. The van der Waals surface area contributed by atoms with Gasteiger partial charge in [-0.15, -0.1) is 0 Å². The van der Waals surface area contributed by atoms with E-state index in [-0.39, 0.29) is 6.10 Å². The van der Waals surface area contributed by atoms with Crippen LogP contribution in [0.15, 0.2) is 48.7 Å². The number of ether oxygens (including phenoxy) is 2. The Bertz CT molecular complexity index is 764. The maximum absolute atomic E-state index is 5.88. The summed E-state index contributed by atoms with van der Waals surface area (Å²) in [5.74, 6) is 0. The van der Waals surface area contributed by atoms with E-state index >= 15 is 0 Å². The normalized spacial score (nSPS) is 19.6. The quantitative estimate of drug-likeness (QED) is 0.652. The van der Waals surface area contributed by atoms with Crippen molar-refractivity contribution in [2.45, 2.75) is 19.1 Å². The van der Waals surface area contributed by atoms with Crippen LogP contribution in [-0.4, -0.2) is 37.4 Å². The van der Waals surface area contributed by atoms with Crippen LogP contribution in [0.3, 0.4) is 0 Å². The van der Waals surface area contributed by atoms with Gasteiger partial charge in [0.2, 0.25) is 0 Å². The number of halogens is 1. The van der Waals surface area contributed by atoms with Gasteiger partial charge in [-0.2, -0.15) is 0 Å². The van der Waals surface area contributed by atoms with E-state index in [9.17, 15) is 0 Å². The fraction of sp³-hybridized carbons (Fsp3) is 0.350. The summed E-state index contributed by atoms with van der Waals surface area (Å²) < 4.78 is 13.0. The zero-order chi connectivity index (χ0) is 17.1. The maximum Gasteiger partial charge on any atom is 0.0983 e. The first-order valence-electron chi connectivity index (χ1n) is 8.63. The van der Waals surface area contributed by atoms with Crippen LogP contribution in [-0.2, 0) is 22.5 Å². The molecule has 1 fully saturated rings. The minimum Gasteiger partial charge on any atom is -0.374 e. The van der Waals surface area contributed by atoms with Crippen molar-refractivity contribution in [2.24, 2.45) is 0 Å². The molecule has 25 heavy (non-hydrogen) atoms. The van der Waals surface area contributed by atoms with Gasteiger partial charge >= 0.3 is 0 Å². The summed E-state index contributed by atoms with van der Waals surface area (Å²) in [4.78, 5) is 7.00. The molecule has 4 rings (SSSR count). The molecule has 2 aliphatic rings. The minimum absolute atomic E-state index is 0.0975. The first kappa shape index (κ1) is 17.0. The van der Waals surface area contributed by atoms with Gasteiger partial charge in [0.1, 0.15) is 0 Å². The number of nitrogens with zero attached hydrogens (tertiary/aromatic N) is 2. The summed E-state index contributed by atoms with van der Waals surface area (Å²) in [5, 5.41) is 0. The van der Waals surface area contributed by atoms with E-state index in [1.807, 2.05) is 24.4 Å². The zero-order valence-corrected chi connectivity index (χ0v) is 16.2. The highest BCUT2D eigenvalue weighted by Crippen LogP contribution is 2.33. The lowest BCUT2D eigenvalue weighted by molar-refractivity contribution is -0.0283.